The molecule has 3 rings (SSSR count). The van der Waals surface area contributed by atoms with E-state index in [1.165, 1.54) is 6.42 Å². The molecular weight excluding hydrogens is 254 g/mol. The Hall–Kier alpha value is -2.17. The van der Waals surface area contributed by atoms with Gasteiger partial charge in [0.05, 0.1) is 12.3 Å². The molecule has 1 aliphatic rings. The van der Waals surface area contributed by atoms with Crippen molar-refractivity contribution in [2.75, 3.05) is 6.61 Å². The average Bonchev–Trinajstić information content (AvgIpc) is 2.81. The maximum atomic E-state index is 11.2. The van der Waals surface area contributed by atoms with E-state index in [4.69, 9.17) is 4.74 Å². The summed E-state index contributed by atoms with van der Waals surface area (Å²) in [6.45, 7) is 2.53. The Bertz CT molecular complexity index is 617. The van der Waals surface area contributed by atoms with Crippen LogP contribution in [0.1, 0.15) is 48.3 Å². The second-order valence-electron chi connectivity index (χ2n) is 4.92. The molecule has 0 bridgehead atoms. The van der Waals surface area contributed by atoms with E-state index in [2.05, 4.69) is 10.3 Å². The normalized spacial score (nSPS) is 14.8. The van der Waals surface area contributed by atoms with Crippen LogP contribution in [0.25, 0.3) is 5.69 Å². The van der Waals surface area contributed by atoms with Crippen molar-refractivity contribution in [3.05, 3.63) is 35.7 Å². The summed E-state index contributed by atoms with van der Waals surface area (Å²) in [7, 11) is 0. The van der Waals surface area contributed by atoms with Crippen molar-refractivity contribution in [2.24, 2.45) is 0 Å². The lowest BCUT2D eigenvalue weighted by molar-refractivity contribution is 0.111. The Kier molecular flexibility index (Phi) is 3.50. The number of benzene rings is 1. The van der Waals surface area contributed by atoms with E-state index in [1.807, 2.05) is 31.2 Å². The van der Waals surface area contributed by atoms with Crippen molar-refractivity contribution in [1.82, 2.24) is 15.0 Å². The summed E-state index contributed by atoms with van der Waals surface area (Å²) >= 11 is 0. The molecular formula is C15H17N3O2. The van der Waals surface area contributed by atoms with Gasteiger partial charge in [-0.15, -0.1) is 5.10 Å². The third kappa shape index (κ3) is 2.09. The molecule has 1 fully saturated rings. The lowest BCUT2D eigenvalue weighted by Crippen LogP contribution is -2.16. The highest BCUT2D eigenvalue weighted by Crippen LogP contribution is 2.38. The van der Waals surface area contributed by atoms with Gasteiger partial charge >= 0.3 is 0 Å². The fourth-order valence-electron chi connectivity index (χ4n) is 2.54. The zero-order valence-corrected chi connectivity index (χ0v) is 11.5. The quantitative estimate of drug-likeness (QED) is 0.785. The van der Waals surface area contributed by atoms with E-state index >= 15 is 0 Å². The van der Waals surface area contributed by atoms with Crippen LogP contribution >= 0.6 is 0 Å². The Labute approximate surface area is 117 Å². The van der Waals surface area contributed by atoms with Gasteiger partial charge in [0.25, 0.3) is 0 Å². The third-order valence-electron chi connectivity index (χ3n) is 3.73. The monoisotopic (exact) mass is 271 g/mol. The van der Waals surface area contributed by atoms with Gasteiger partial charge in [0, 0.05) is 5.92 Å². The second-order valence-corrected chi connectivity index (χ2v) is 4.92. The van der Waals surface area contributed by atoms with Crippen LogP contribution in [0.15, 0.2) is 24.3 Å². The number of aromatic nitrogens is 3. The Morgan fingerprint density at radius 2 is 2.20 bits per heavy atom. The average molecular weight is 271 g/mol. The van der Waals surface area contributed by atoms with Crippen LogP contribution < -0.4 is 4.74 Å². The summed E-state index contributed by atoms with van der Waals surface area (Å²) in [5.41, 5.74) is 2.20. The minimum atomic E-state index is 0.375. The number of carbonyl (C=O) groups excluding carboxylic acids is 1. The summed E-state index contributed by atoms with van der Waals surface area (Å²) < 4.78 is 7.41. The van der Waals surface area contributed by atoms with Gasteiger partial charge in [0.1, 0.15) is 17.1 Å². The van der Waals surface area contributed by atoms with Crippen LogP contribution in [0.3, 0.4) is 0 Å². The van der Waals surface area contributed by atoms with Gasteiger partial charge in [0.15, 0.2) is 6.29 Å². The molecule has 1 aromatic heterocycles. The summed E-state index contributed by atoms with van der Waals surface area (Å²) in [6.07, 6.45) is 4.16. The number of hydrogen-bond acceptors (Lipinski definition) is 4. The van der Waals surface area contributed by atoms with Crippen LogP contribution in [0, 0.1) is 0 Å². The first-order valence-corrected chi connectivity index (χ1v) is 6.98. The molecule has 5 heteroatoms. The topological polar surface area (TPSA) is 57.0 Å². The molecule has 5 nitrogen and oxygen atoms in total. The summed E-state index contributed by atoms with van der Waals surface area (Å²) in [6, 6.07) is 7.71. The van der Waals surface area contributed by atoms with E-state index in [9.17, 15) is 4.79 Å². The number of rotatable bonds is 5. The number of aldehydes is 1. The second kappa shape index (κ2) is 5.45. The minimum absolute atomic E-state index is 0.375. The molecule has 1 heterocycles. The van der Waals surface area contributed by atoms with Gasteiger partial charge in [-0.2, -0.15) is 0 Å². The smallest absolute Gasteiger partial charge is 0.172 e. The molecule has 0 saturated heterocycles. The Morgan fingerprint density at radius 1 is 1.40 bits per heavy atom. The molecule has 0 amide bonds. The number of nitrogens with zero attached hydrogens (tertiary/aromatic N) is 3. The minimum Gasteiger partial charge on any atom is -0.492 e. The van der Waals surface area contributed by atoms with E-state index in [1.54, 1.807) is 4.68 Å². The van der Waals surface area contributed by atoms with Crippen molar-refractivity contribution in [1.29, 1.82) is 0 Å². The molecule has 1 aliphatic carbocycles. The largest absolute Gasteiger partial charge is 0.492 e. The van der Waals surface area contributed by atoms with E-state index in [0.717, 1.165) is 36.3 Å². The maximum Gasteiger partial charge on any atom is 0.172 e. The molecule has 0 N–H and O–H groups in total. The van der Waals surface area contributed by atoms with Crippen molar-refractivity contribution >= 4 is 6.29 Å². The van der Waals surface area contributed by atoms with Crippen LogP contribution in [-0.4, -0.2) is 27.9 Å². The SMILES string of the molecule is CCOc1ccccc1-n1nnc(C=O)c1C1CCC1. The molecule has 0 atom stereocenters. The Balaban J connectivity index is 2.10. The van der Waals surface area contributed by atoms with Gasteiger partial charge in [-0.05, 0) is 31.9 Å². The van der Waals surface area contributed by atoms with Crippen LogP contribution in [0.4, 0.5) is 0 Å². The highest BCUT2D eigenvalue weighted by atomic mass is 16.5. The van der Waals surface area contributed by atoms with Gasteiger partial charge < -0.3 is 4.74 Å². The van der Waals surface area contributed by atoms with Crippen molar-refractivity contribution in [2.45, 2.75) is 32.1 Å². The lowest BCUT2D eigenvalue weighted by Gasteiger charge is -2.26. The molecule has 0 unspecified atom stereocenters. The molecule has 0 radical (unpaired) electrons. The first kappa shape index (κ1) is 12.8. The number of para-hydroxylation sites is 2. The summed E-state index contributed by atoms with van der Waals surface area (Å²) in [5.74, 6) is 1.14. The molecule has 2 aromatic rings. The van der Waals surface area contributed by atoms with Crippen molar-refractivity contribution in [3.8, 4) is 11.4 Å². The molecule has 104 valence electrons. The summed E-state index contributed by atoms with van der Waals surface area (Å²) in [4.78, 5) is 11.2. The zero-order chi connectivity index (χ0) is 13.9. The third-order valence-corrected chi connectivity index (χ3v) is 3.73. The van der Waals surface area contributed by atoms with E-state index in [0.29, 0.717) is 18.2 Å². The fraction of sp³-hybridized carbons (Fsp3) is 0.400. The van der Waals surface area contributed by atoms with Crippen LogP contribution in [-0.2, 0) is 0 Å². The highest BCUT2D eigenvalue weighted by molar-refractivity contribution is 5.74. The number of hydrogen-bond donors (Lipinski definition) is 0. The van der Waals surface area contributed by atoms with Crippen LogP contribution in [0.5, 0.6) is 5.75 Å². The van der Waals surface area contributed by atoms with Gasteiger partial charge in [0.2, 0.25) is 0 Å². The van der Waals surface area contributed by atoms with E-state index in [-0.39, 0.29) is 0 Å². The van der Waals surface area contributed by atoms with Gasteiger partial charge in [-0.3, -0.25) is 4.79 Å². The molecule has 1 saturated carbocycles. The standard InChI is InChI=1S/C15H17N3O2/c1-2-20-14-9-4-3-8-13(14)18-15(11-6-5-7-11)12(10-19)16-17-18/h3-4,8-11H,2,5-7H2,1H3. The zero-order valence-electron chi connectivity index (χ0n) is 11.5. The molecule has 1 aromatic carbocycles. The van der Waals surface area contributed by atoms with Crippen molar-refractivity contribution in [3.63, 3.8) is 0 Å². The van der Waals surface area contributed by atoms with Crippen LogP contribution in [0.2, 0.25) is 0 Å². The molecule has 0 aliphatic heterocycles. The lowest BCUT2D eigenvalue weighted by atomic mass is 9.82. The Morgan fingerprint density at radius 3 is 2.85 bits per heavy atom. The van der Waals surface area contributed by atoms with E-state index < -0.39 is 0 Å². The highest BCUT2D eigenvalue weighted by Gasteiger charge is 2.28. The first-order chi connectivity index (χ1) is 9.85. The van der Waals surface area contributed by atoms with Crippen molar-refractivity contribution < 1.29 is 9.53 Å². The number of carbonyl (C=O) groups is 1. The fourth-order valence-corrected chi connectivity index (χ4v) is 2.54. The number of ether oxygens (including phenoxy) is 1. The predicted molar refractivity (Wildman–Crippen MR) is 74.5 cm³/mol. The van der Waals surface area contributed by atoms with Gasteiger partial charge in [-0.25, -0.2) is 4.68 Å². The van der Waals surface area contributed by atoms with Gasteiger partial charge in [-0.1, -0.05) is 23.8 Å². The summed E-state index contributed by atoms with van der Waals surface area (Å²) in [5, 5.41) is 8.16. The predicted octanol–water partition coefficient (Wildman–Crippen LogP) is 2.75. The first-order valence-electron chi connectivity index (χ1n) is 6.98. The molecule has 0 spiro atoms. The molecule has 20 heavy (non-hydrogen) atoms. The maximum absolute atomic E-state index is 11.2.